The number of anilines is 3. The van der Waals surface area contributed by atoms with E-state index in [2.05, 4.69) is 25.8 Å². The SMILES string of the molecule is Cc1nc(Nc2cc(C)on2)cc(C(=O)Nc2ccc(Cl)cc2C)n1. The molecule has 0 saturated carbocycles. The molecule has 128 valence electrons. The van der Waals surface area contributed by atoms with Gasteiger partial charge in [-0.15, -0.1) is 0 Å². The predicted molar refractivity (Wildman–Crippen MR) is 95.4 cm³/mol. The Kier molecular flexibility index (Phi) is 4.67. The molecule has 0 atom stereocenters. The molecule has 2 N–H and O–H groups in total. The first-order valence-corrected chi connectivity index (χ1v) is 7.92. The number of aryl methyl sites for hydroxylation is 3. The fraction of sp³-hybridized carbons (Fsp3) is 0.176. The van der Waals surface area contributed by atoms with Crippen molar-refractivity contribution < 1.29 is 9.32 Å². The maximum atomic E-state index is 12.5. The van der Waals surface area contributed by atoms with Gasteiger partial charge < -0.3 is 15.2 Å². The van der Waals surface area contributed by atoms with E-state index in [-0.39, 0.29) is 11.6 Å². The van der Waals surface area contributed by atoms with Gasteiger partial charge in [0.2, 0.25) is 0 Å². The number of benzene rings is 1. The molecule has 0 radical (unpaired) electrons. The van der Waals surface area contributed by atoms with Gasteiger partial charge in [0.05, 0.1) is 0 Å². The van der Waals surface area contributed by atoms with E-state index in [1.165, 1.54) is 0 Å². The van der Waals surface area contributed by atoms with Crippen LogP contribution >= 0.6 is 11.6 Å². The van der Waals surface area contributed by atoms with E-state index in [0.29, 0.717) is 33.9 Å². The van der Waals surface area contributed by atoms with Crippen LogP contribution in [0.15, 0.2) is 34.9 Å². The van der Waals surface area contributed by atoms with Crippen molar-refractivity contribution in [1.82, 2.24) is 15.1 Å². The summed E-state index contributed by atoms with van der Waals surface area (Å²) in [6, 6.07) is 8.53. The van der Waals surface area contributed by atoms with Crippen molar-refractivity contribution >= 4 is 34.8 Å². The average Bonchev–Trinajstić information content (AvgIpc) is 2.94. The van der Waals surface area contributed by atoms with Crippen LogP contribution < -0.4 is 10.6 Å². The highest BCUT2D eigenvalue weighted by Gasteiger charge is 2.13. The lowest BCUT2D eigenvalue weighted by molar-refractivity contribution is 0.102. The van der Waals surface area contributed by atoms with Gasteiger partial charge >= 0.3 is 0 Å². The molecule has 0 aliphatic heterocycles. The minimum Gasteiger partial charge on any atom is -0.360 e. The molecule has 1 amide bonds. The molecular formula is C17H16ClN5O2. The van der Waals surface area contributed by atoms with Crippen LogP contribution in [-0.2, 0) is 0 Å². The first-order chi connectivity index (χ1) is 11.9. The van der Waals surface area contributed by atoms with Crippen molar-refractivity contribution in [2.75, 3.05) is 10.6 Å². The number of carbonyl (C=O) groups is 1. The van der Waals surface area contributed by atoms with Gasteiger partial charge in [-0.3, -0.25) is 4.79 Å². The Balaban J connectivity index is 1.82. The van der Waals surface area contributed by atoms with Crippen LogP contribution in [0.25, 0.3) is 0 Å². The van der Waals surface area contributed by atoms with Crippen molar-refractivity contribution in [1.29, 1.82) is 0 Å². The second-order valence-electron chi connectivity index (χ2n) is 5.55. The van der Waals surface area contributed by atoms with Crippen LogP contribution in [0.2, 0.25) is 5.02 Å². The number of hydrogen-bond donors (Lipinski definition) is 2. The molecule has 3 rings (SSSR count). The van der Waals surface area contributed by atoms with E-state index >= 15 is 0 Å². The summed E-state index contributed by atoms with van der Waals surface area (Å²) in [6.45, 7) is 5.37. The zero-order chi connectivity index (χ0) is 18.0. The first-order valence-electron chi connectivity index (χ1n) is 7.54. The highest BCUT2D eigenvalue weighted by atomic mass is 35.5. The molecule has 7 nitrogen and oxygen atoms in total. The summed E-state index contributed by atoms with van der Waals surface area (Å²) in [6.07, 6.45) is 0. The number of aromatic nitrogens is 3. The lowest BCUT2D eigenvalue weighted by Crippen LogP contribution is -2.16. The predicted octanol–water partition coefficient (Wildman–Crippen LogP) is 4.04. The Morgan fingerprint density at radius 2 is 1.88 bits per heavy atom. The lowest BCUT2D eigenvalue weighted by atomic mass is 10.2. The van der Waals surface area contributed by atoms with Crippen molar-refractivity contribution in [3.63, 3.8) is 0 Å². The first kappa shape index (κ1) is 16.9. The van der Waals surface area contributed by atoms with Crippen molar-refractivity contribution in [3.8, 4) is 0 Å². The molecule has 0 bridgehead atoms. The Hall–Kier alpha value is -2.93. The maximum Gasteiger partial charge on any atom is 0.274 e. The molecule has 0 spiro atoms. The Bertz CT molecular complexity index is 939. The van der Waals surface area contributed by atoms with Crippen LogP contribution in [0, 0.1) is 20.8 Å². The van der Waals surface area contributed by atoms with Gasteiger partial charge in [0, 0.05) is 22.8 Å². The summed E-state index contributed by atoms with van der Waals surface area (Å²) in [7, 11) is 0. The molecule has 1 aromatic carbocycles. The van der Waals surface area contributed by atoms with Crippen LogP contribution in [0.5, 0.6) is 0 Å². The lowest BCUT2D eigenvalue weighted by Gasteiger charge is -2.10. The summed E-state index contributed by atoms with van der Waals surface area (Å²) in [4.78, 5) is 21.0. The number of halogens is 1. The van der Waals surface area contributed by atoms with Crippen LogP contribution in [0.1, 0.15) is 27.6 Å². The zero-order valence-electron chi connectivity index (χ0n) is 13.9. The molecule has 0 aliphatic rings. The molecule has 2 heterocycles. The molecule has 0 fully saturated rings. The van der Waals surface area contributed by atoms with Crippen molar-refractivity contribution in [2.24, 2.45) is 0 Å². The van der Waals surface area contributed by atoms with Gasteiger partial charge in [0.1, 0.15) is 23.1 Å². The van der Waals surface area contributed by atoms with Gasteiger partial charge in [0.25, 0.3) is 5.91 Å². The van der Waals surface area contributed by atoms with Crippen molar-refractivity contribution in [3.05, 3.63) is 58.2 Å². The van der Waals surface area contributed by atoms with E-state index in [4.69, 9.17) is 16.1 Å². The van der Waals surface area contributed by atoms with Gasteiger partial charge in [0.15, 0.2) is 5.82 Å². The number of hydrogen-bond acceptors (Lipinski definition) is 6. The normalized spacial score (nSPS) is 10.6. The quantitative estimate of drug-likeness (QED) is 0.732. The fourth-order valence-electron chi connectivity index (χ4n) is 2.26. The molecule has 25 heavy (non-hydrogen) atoms. The maximum absolute atomic E-state index is 12.5. The van der Waals surface area contributed by atoms with E-state index in [0.717, 1.165) is 5.56 Å². The molecule has 2 aromatic heterocycles. The molecule has 0 saturated heterocycles. The van der Waals surface area contributed by atoms with Crippen molar-refractivity contribution in [2.45, 2.75) is 20.8 Å². The smallest absolute Gasteiger partial charge is 0.274 e. The molecule has 3 aromatic rings. The van der Waals surface area contributed by atoms with Crippen LogP contribution in [0.3, 0.4) is 0 Å². The van der Waals surface area contributed by atoms with E-state index in [1.54, 1.807) is 44.2 Å². The minimum absolute atomic E-state index is 0.240. The van der Waals surface area contributed by atoms with E-state index in [1.807, 2.05) is 6.92 Å². The summed E-state index contributed by atoms with van der Waals surface area (Å²) in [5.41, 5.74) is 1.78. The average molecular weight is 358 g/mol. The van der Waals surface area contributed by atoms with Crippen LogP contribution in [0.4, 0.5) is 17.3 Å². The van der Waals surface area contributed by atoms with Gasteiger partial charge in [-0.25, -0.2) is 9.97 Å². The second-order valence-corrected chi connectivity index (χ2v) is 5.98. The van der Waals surface area contributed by atoms with Gasteiger partial charge in [-0.2, -0.15) is 0 Å². The van der Waals surface area contributed by atoms with Gasteiger partial charge in [-0.1, -0.05) is 16.8 Å². The Morgan fingerprint density at radius 1 is 1.08 bits per heavy atom. The summed E-state index contributed by atoms with van der Waals surface area (Å²) < 4.78 is 5.00. The van der Waals surface area contributed by atoms with Gasteiger partial charge in [-0.05, 0) is 44.5 Å². The topological polar surface area (TPSA) is 92.9 Å². The number of carbonyl (C=O) groups excluding carboxylic acids is 1. The third-order valence-corrected chi connectivity index (χ3v) is 3.63. The fourth-order valence-corrected chi connectivity index (χ4v) is 2.48. The zero-order valence-corrected chi connectivity index (χ0v) is 14.7. The molecule has 0 unspecified atom stereocenters. The number of amides is 1. The monoisotopic (exact) mass is 357 g/mol. The molecular weight excluding hydrogens is 342 g/mol. The largest absolute Gasteiger partial charge is 0.360 e. The van der Waals surface area contributed by atoms with E-state index < -0.39 is 0 Å². The molecule has 8 heteroatoms. The number of nitrogens with zero attached hydrogens (tertiary/aromatic N) is 3. The Morgan fingerprint density at radius 3 is 2.56 bits per heavy atom. The summed E-state index contributed by atoms with van der Waals surface area (Å²) in [5.74, 6) is 1.76. The highest BCUT2D eigenvalue weighted by Crippen LogP contribution is 2.21. The third-order valence-electron chi connectivity index (χ3n) is 3.39. The van der Waals surface area contributed by atoms with Crippen LogP contribution in [-0.4, -0.2) is 21.0 Å². The minimum atomic E-state index is -0.338. The van der Waals surface area contributed by atoms with E-state index in [9.17, 15) is 4.79 Å². The summed E-state index contributed by atoms with van der Waals surface area (Å²) >= 11 is 5.94. The second kappa shape index (κ2) is 6.90. The number of rotatable bonds is 4. The third kappa shape index (κ3) is 4.13. The standard InChI is InChI=1S/C17H16ClN5O2/c1-9-6-12(18)4-5-13(9)21-17(24)14-8-15(20-11(3)19-14)22-16-7-10(2)25-23-16/h4-8H,1-3H3,(H,21,24)(H,19,20,22,23). The summed E-state index contributed by atoms with van der Waals surface area (Å²) in [5, 5.41) is 10.3. The molecule has 0 aliphatic carbocycles. The Labute approximate surface area is 149 Å². The number of nitrogens with one attached hydrogen (secondary N) is 2. The highest BCUT2D eigenvalue weighted by molar-refractivity contribution is 6.30.